The molecule has 0 fully saturated rings. The first kappa shape index (κ1) is 54.3. The summed E-state index contributed by atoms with van der Waals surface area (Å²) < 4.78 is 0. The van der Waals surface area contributed by atoms with Gasteiger partial charge in [-0.15, -0.1) is 0 Å². The molecule has 0 aliphatic carbocycles. The van der Waals surface area contributed by atoms with Gasteiger partial charge in [-0.05, 0) is 112 Å². The predicted molar refractivity (Wildman–Crippen MR) is 344 cm³/mol. The monoisotopic (exact) mass is 1100 g/mol. The van der Waals surface area contributed by atoms with Gasteiger partial charge < -0.3 is 20.2 Å². The van der Waals surface area contributed by atoms with Crippen LogP contribution in [0.3, 0.4) is 0 Å². The van der Waals surface area contributed by atoms with E-state index in [4.69, 9.17) is 29.9 Å². The third kappa shape index (κ3) is 9.57. The topological polar surface area (TPSA) is 149 Å². The average Bonchev–Trinajstić information content (AvgIpc) is 1.78. The van der Waals surface area contributed by atoms with Crippen molar-refractivity contribution in [2.24, 2.45) is 0 Å². The third-order valence-corrected chi connectivity index (χ3v) is 16.7. The Hall–Kier alpha value is -8.96. The van der Waals surface area contributed by atoms with Crippen LogP contribution in [0.5, 0.6) is 0 Å². The number of rotatable bonds is 6. The smallest absolute Gasteiger partial charge is 0.165 e. The molecule has 11 aromatic rings. The number of aliphatic hydroxyl groups excluding tert-OH is 2. The Balaban J connectivity index is 1.21. The lowest BCUT2D eigenvalue weighted by Crippen LogP contribution is -2.16. The highest BCUT2D eigenvalue weighted by Gasteiger charge is 2.30. The molecule has 8 aromatic carbocycles. The molecule has 2 aliphatic heterocycles. The summed E-state index contributed by atoms with van der Waals surface area (Å²) in [6.45, 7) is 27.1. The standard InChI is InChI=1S/C74H70N8O2/c1-71(2,3)47-33-45(34-48(37-47)72(4,5)6)53-25-17-29-57-61(53)70-80-65(57)78-68-59-51(43-21-13-19-41(31-43)39-83)23-15-27-55(59)63(76-68)75-67-60-52(44-22-14-20-42(32-44)40-84)24-16-28-56(60)64(77-67)79-69-62-54(26-18-30-58(62)66(81-69)82-70)46-35-49(73(7,8)9)38-50(36-46)74(10,11)12/h13-38,83-84H,39-40H2,1-12H3,(H2,75,76,77,78,79,80,81,82). The van der Waals surface area contributed by atoms with Crippen LogP contribution in [0.4, 0.5) is 0 Å². The minimum absolute atomic E-state index is 0.101. The van der Waals surface area contributed by atoms with E-state index in [9.17, 15) is 10.2 Å². The summed E-state index contributed by atoms with van der Waals surface area (Å²) in [5.74, 6) is 1.96. The lowest BCUT2D eigenvalue weighted by Gasteiger charge is -2.26. The summed E-state index contributed by atoms with van der Waals surface area (Å²) in [5.41, 5.74) is 19.5. The van der Waals surface area contributed by atoms with Crippen LogP contribution in [-0.4, -0.2) is 50.1 Å². The summed E-state index contributed by atoms with van der Waals surface area (Å²) in [6.07, 6.45) is 0. The van der Waals surface area contributed by atoms with Gasteiger partial charge in [0, 0.05) is 43.8 Å². The minimum Gasteiger partial charge on any atom is -0.392 e. The number of hydrogen-bond donors (Lipinski definition) is 4. The fourth-order valence-electron chi connectivity index (χ4n) is 11.9. The molecule has 5 heterocycles. The molecular formula is C74H70N8O2. The highest BCUT2D eigenvalue weighted by molar-refractivity contribution is 6.14. The quantitative estimate of drug-likeness (QED) is 0.129. The van der Waals surface area contributed by atoms with Crippen LogP contribution in [-0.2, 0) is 34.9 Å². The van der Waals surface area contributed by atoms with Crippen LogP contribution >= 0.6 is 0 Å². The Bertz CT molecular complexity index is 4620. The second-order valence-corrected chi connectivity index (χ2v) is 26.8. The van der Waals surface area contributed by atoms with Crippen molar-refractivity contribution in [3.8, 4) is 90.1 Å². The molecule has 0 saturated carbocycles. The maximum Gasteiger partial charge on any atom is 0.165 e. The van der Waals surface area contributed by atoms with Crippen LogP contribution in [0.2, 0.25) is 0 Å². The summed E-state index contributed by atoms with van der Waals surface area (Å²) in [7, 11) is 0. The van der Waals surface area contributed by atoms with E-state index in [0.717, 1.165) is 99.4 Å². The molecule has 2 aliphatic rings. The summed E-state index contributed by atoms with van der Waals surface area (Å²) in [6, 6.07) is 55.2. The van der Waals surface area contributed by atoms with Gasteiger partial charge in [0.15, 0.2) is 23.3 Å². The van der Waals surface area contributed by atoms with Crippen molar-refractivity contribution in [2.45, 2.75) is 118 Å². The molecule has 3 aromatic heterocycles. The Morgan fingerprint density at radius 3 is 1.04 bits per heavy atom. The number of aliphatic hydroxyl groups is 2. The molecule has 10 nitrogen and oxygen atoms in total. The molecule has 84 heavy (non-hydrogen) atoms. The molecule has 10 heteroatoms. The highest BCUT2D eigenvalue weighted by atomic mass is 16.3. The number of aromatic nitrogens is 8. The zero-order valence-corrected chi connectivity index (χ0v) is 50.0. The van der Waals surface area contributed by atoms with Gasteiger partial charge in [0.2, 0.25) is 0 Å². The first-order valence-electron chi connectivity index (χ1n) is 29.1. The van der Waals surface area contributed by atoms with Gasteiger partial charge in [-0.3, -0.25) is 0 Å². The molecule has 0 amide bonds. The van der Waals surface area contributed by atoms with E-state index in [2.05, 4.69) is 202 Å². The Morgan fingerprint density at radius 1 is 0.310 bits per heavy atom. The molecule has 4 N–H and O–H groups in total. The second kappa shape index (κ2) is 19.9. The Kier molecular flexibility index (Phi) is 12.8. The molecule has 13 rings (SSSR count). The van der Waals surface area contributed by atoms with Gasteiger partial charge >= 0.3 is 0 Å². The lowest BCUT2D eigenvalue weighted by atomic mass is 9.78. The fraction of sp³-hybridized carbons (Fsp3) is 0.243. The number of nitrogens with one attached hydrogen (secondary N) is 2. The van der Waals surface area contributed by atoms with Gasteiger partial charge in [0.25, 0.3) is 0 Å². The maximum absolute atomic E-state index is 10.4. The van der Waals surface area contributed by atoms with Gasteiger partial charge in [0.1, 0.15) is 22.6 Å². The van der Waals surface area contributed by atoms with Crippen molar-refractivity contribution in [3.05, 3.63) is 191 Å². The number of hydrogen-bond acceptors (Lipinski definition) is 8. The summed E-state index contributed by atoms with van der Waals surface area (Å²) >= 11 is 0. The number of aromatic amines is 2. The van der Waals surface area contributed by atoms with Gasteiger partial charge in [0.05, 0.1) is 13.2 Å². The Morgan fingerprint density at radius 2 is 0.631 bits per heavy atom. The molecule has 0 atom stereocenters. The van der Waals surface area contributed by atoms with E-state index in [1.54, 1.807) is 0 Å². The van der Waals surface area contributed by atoms with E-state index < -0.39 is 0 Å². The number of nitrogens with zero attached hydrogens (tertiary/aromatic N) is 6. The molecule has 8 bridgehead atoms. The van der Waals surface area contributed by atoms with Crippen LogP contribution in [0.15, 0.2) is 158 Å². The summed E-state index contributed by atoms with van der Waals surface area (Å²) in [4.78, 5) is 41.1. The predicted octanol–water partition coefficient (Wildman–Crippen LogP) is 17.7. The van der Waals surface area contributed by atoms with Gasteiger partial charge in [-0.25, -0.2) is 29.9 Å². The van der Waals surface area contributed by atoms with Crippen LogP contribution < -0.4 is 0 Å². The van der Waals surface area contributed by atoms with E-state index in [1.807, 2.05) is 48.5 Å². The molecule has 0 spiro atoms. The zero-order valence-electron chi connectivity index (χ0n) is 50.0. The van der Waals surface area contributed by atoms with Crippen LogP contribution in [0.25, 0.3) is 134 Å². The third-order valence-electron chi connectivity index (χ3n) is 16.7. The van der Waals surface area contributed by atoms with Gasteiger partial charge in [-0.2, -0.15) is 0 Å². The van der Waals surface area contributed by atoms with Crippen LogP contribution in [0.1, 0.15) is 116 Å². The molecule has 418 valence electrons. The normalized spacial score (nSPS) is 12.7. The molecule has 0 radical (unpaired) electrons. The highest BCUT2D eigenvalue weighted by Crippen LogP contribution is 2.47. The second-order valence-electron chi connectivity index (χ2n) is 26.8. The molecule has 0 unspecified atom stereocenters. The largest absolute Gasteiger partial charge is 0.392 e. The first-order chi connectivity index (χ1) is 40.0. The maximum atomic E-state index is 10.4. The lowest BCUT2D eigenvalue weighted by molar-refractivity contribution is 0.281. The molecule has 0 saturated heterocycles. The van der Waals surface area contributed by atoms with Crippen LogP contribution in [0, 0.1) is 0 Å². The van der Waals surface area contributed by atoms with E-state index in [-0.39, 0.29) is 34.9 Å². The fourth-order valence-corrected chi connectivity index (χ4v) is 11.9. The zero-order chi connectivity index (χ0) is 58.8. The van der Waals surface area contributed by atoms with E-state index in [1.165, 1.54) is 22.3 Å². The summed E-state index contributed by atoms with van der Waals surface area (Å²) in [5, 5.41) is 24.2. The Labute approximate surface area is 490 Å². The van der Waals surface area contributed by atoms with Crippen molar-refractivity contribution in [1.82, 2.24) is 39.9 Å². The van der Waals surface area contributed by atoms with E-state index in [0.29, 0.717) is 45.9 Å². The molecular weight excluding hydrogens is 1030 g/mol. The number of benzene rings is 8. The van der Waals surface area contributed by atoms with Crippen molar-refractivity contribution in [3.63, 3.8) is 0 Å². The average molecular weight is 1100 g/mol. The minimum atomic E-state index is -0.132. The van der Waals surface area contributed by atoms with Crippen molar-refractivity contribution in [1.29, 1.82) is 0 Å². The van der Waals surface area contributed by atoms with Gasteiger partial charge in [-0.1, -0.05) is 229 Å². The van der Waals surface area contributed by atoms with Crippen molar-refractivity contribution in [2.75, 3.05) is 0 Å². The van der Waals surface area contributed by atoms with Crippen molar-refractivity contribution < 1.29 is 10.2 Å². The first-order valence-corrected chi connectivity index (χ1v) is 29.1. The van der Waals surface area contributed by atoms with Crippen molar-refractivity contribution >= 4 is 44.1 Å². The number of H-pyrrole nitrogens is 2. The number of fused-ring (bicyclic) bond motifs is 20. The SMILES string of the molecule is CC(C)(C)c1cc(-c2cccc3c2-c2nc-3nc3[nH]c(nc4nc(nc5[nH]c(n2)c2cccc(-c6cc(C(C)(C)C)cc(C(C)(C)C)c6)c52)-c2cccc(-c5cccc(CO)c5)c2-4)c2cccc(-c4cccc(CO)c4)c32)cc(C(C)(C)C)c1. The van der Waals surface area contributed by atoms with E-state index >= 15 is 0 Å².